The number of benzene rings is 2. The van der Waals surface area contributed by atoms with Gasteiger partial charge in [-0.15, -0.1) is 0 Å². The lowest BCUT2D eigenvalue weighted by molar-refractivity contribution is -0.140. The van der Waals surface area contributed by atoms with E-state index in [1.54, 1.807) is 25.1 Å². The number of esters is 1. The molecular weight excluding hydrogens is 520 g/mol. The lowest BCUT2D eigenvalue weighted by Gasteiger charge is -2.25. The minimum absolute atomic E-state index is 0.00508. The molecule has 9 nitrogen and oxygen atoms in total. The van der Waals surface area contributed by atoms with E-state index in [0.717, 1.165) is 18.4 Å². The topological polar surface area (TPSA) is 109 Å². The zero-order chi connectivity index (χ0) is 27.9. The molecule has 206 valence electrons. The molecule has 0 saturated carbocycles. The number of allylic oxidation sites excluding steroid dienone is 1. The lowest BCUT2D eigenvalue weighted by atomic mass is 9.96. The zero-order valence-corrected chi connectivity index (χ0v) is 23.2. The minimum Gasteiger partial charge on any atom is -0.504 e. The number of hydrogen-bond donors (Lipinski definition) is 1. The predicted octanol–water partition coefficient (Wildman–Crippen LogP) is 3.32. The largest absolute Gasteiger partial charge is 0.504 e. The van der Waals surface area contributed by atoms with Crippen molar-refractivity contribution < 1.29 is 28.8 Å². The molecule has 1 N–H and O–H groups in total. The highest BCUT2D eigenvalue weighted by atomic mass is 32.1. The van der Waals surface area contributed by atoms with Crippen molar-refractivity contribution in [1.29, 1.82) is 0 Å². The van der Waals surface area contributed by atoms with Gasteiger partial charge < -0.3 is 24.1 Å². The van der Waals surface area contributed by atoms with Crippen LogP contribution in [0.2, 0.25) is 0 Å². The Kier molecular flexibility index (Phi) is 9.21. The first-order valence-corrected chi connectivity index (χ1v) is 13.5. The fourth-order valence-corrected chi connectivity index (χ4v) is 5.26. The number of carbonyl (C=O) groups is 1. The number of carbonyl (C=O) groups excluding carboxylic acids is 1. The van der Waals surface area contributed by atoms with Gasteiger partial charge in [-0.3, -0.25) is 9.36 Å². The molecule has 0 aliphatic carbocycles. The quantitative estimate of drug-likeness (QED) is 0.287. The van der Waals surface area contributed by atoms with Crippen molar-refractivity contribution >= 4 is 23.4 Å². The van der Waals surface area contributed by atoms with E-state index in [1.807, 2.05) is 24.3 Å². The summed E-state index contributed by atoms with van der Waals surface area (Å²) in [6.07, 6.45) is 3.69. The molecule has 0 spiro atoms. The van der Waals surface area contributed by atoms with Crippen molar-refractivity contribution in [3.8, 4) is 17.2 Å². The van der Waals surface area contributed by atoms with Gasteiger partial charge in [-0.05, 0) is 54.8 Å². The molecule has 0 fully saturated rings. The molecule has 0 amide bonds. The molecule has 0 saturated heterocycles. The van der Waals surface area contributed by atoms with Crippen molar-refractivity contribution in [2.24, 2.45) is 4.99 Å². The van der Waals surface area contributed by atoms with Crippen LogP contribution in [0.25, 0.3) is 6.08 Å². The first kappa shape index (κ1) is 28.1. The van der Waals surface area contributed by atoms with Gasteiger partial charge in [-0.2, -0.15) is 0 Å². The Morgan fingerprint density at radius 2 is 1.90 bits per heavy atom. The third kappa shape index (κ3) is 6.23. The van der Waals surface area contributed by atoms with Gasteiger partial charge in [0.1, 0.15) is 12.4 Å². The molecular formula is C29H32N2O7S. The van der Waals surface area contributed by atoms with Crippen LogP contribution in [-0.2, 0) is 14.3 Å². The molecule has 1 aliphatic heterocycles. The SMILES string of the molecule is CCCCOc1ccc(C2C(C(=O)OCCOC)=C(C)N=c3s/c(=C\c4ccc(O)c(OC)c4)c(=O)n32)cc1. The second kappa shape index (κ2) is 12.8. The molecule has 39 heavy (non-hydrogen) atoms. The summed E-state index contributed by atoms with van der Waals surface area (Å²) in [7, 11) is 2.99. The summed E-state index contributed by atoms with van der Waals surface area (Å²) in [5.74, 6) is 0.461. The Hall–Kier alpha value is -3.89. The van der Waals surface area contributed by atoms with E-state index in [1.165, 1.54) is 36.2 Å². The third-order valence-corrected chi connectivity index (χ3v) is 7.21. The molecule has 4 rings (SSSR count). The van der Waals surface area contributed by atoms with E-state index in [9.17, 15) is 14.7 Å². The number of aromatic hydroxyl groups is 1. The highest BCUT2D eigenvalue weighted by molar-refractivity contribution is 7.07. The summed E-state index contributed by atoms with van der Waals surface area (Å²) in [6, 6.07) is 11.5. The summed E-state index contributed by atoms with van der Waals surface area (Å²) in [4.78, 5) is 32.1. The molecule has 2 aromatic carbocycles. The van der Waals surface area contributed by atoms with E-state index >= 15 is 0 Å². The average molecular weight is 553 g/mol. The van der Waals surface area contributed by atoms with E-state index in [2.05, 4.69) is 11.9 Å². The highest BCUT2D eigenvalue weighted by Crippen LogP contribution is 2.32. The van der Waals surface area contributed by atoms with Crippen LogP contribution in [-0.4, -0.2) is 49.7 Å². The van der Waals surface area contributed by atoms with Crippen LogP contribution in [0.15, 0.2) is 63.5 Å². The number of thiazole rings is 1. The number of hydrogen-bond acceptors (Lipinski definition) is 9. The molecule has 0 bridgehead atoms. The van der Waals surface area contributed by atoms with Gasteiger partial charge in [0.05, 0.1) is 42.2 Å². The molecule has 10 heteroatoms. The summed E-state index contributed by atoms with van der Waals surface area (Å²) >= 11 is 1.22. The lowest BCUT2D eigenvalue weighted by Crippen LogP contribution is -2.40. The predicted molar refractivity (Wildman–Crippen MR) is 148 cm³/mol. The first-order valence-electron chi connectivity index (χ1n) is 12.7. The zero-order valence-electron chi connectivity index (χ0n) is 22.4. The maximum Gasteiger partial charge on any atom is 0.338 e. The Morgan fingerprint density at radius 1 is 1.13 bits per heavy atom. The number of rotatable bonds is 11. The van der Waals surface area contributed by atoms with Crippen LogP contribution in [0.3, 0.4) is 0 Å². The van der Waals surface area contributed by atoms with Gasteiger partial charge in [0.2, 0.25) is 0 Å². The van der Waals surface area contributed by atoms with Crippen molar-refractivity contribution in [2.45, 2.75) is 32.7 Å². The second-order valence-corrected chi connectivity index (χ2v) is 9.92. The number of phenolic OH excluding ortho intramolecular Hbond substituents is 1. The number of phenols is 1. The molecule has 2 heterocycles. The minimum atomic E-state index is -0.738. The van der Waals surface area contributed by atoms with Gasteiger partial charge in [0.25, 0.3) is 5.56 Å². The number of methoxy groups -OCH3 is 2. The Bertz CT molecular complexity index is 1540. The van der Waals surface area contributed by atoms with Crippen LogP contribution in [0.4, 0.5) is 0 Å². The number of ether oxygens (including phenoxy) is 4. The number of unbranched alkanes of at least 4 members (excludes halogenated alkanes) is 1. The van der Waals surface area contributed by atoms with Gasteiger partial charge in [-0.25, -0.2) is 9.79 Å². The number of aromatic nitrogens is 1. The van der Waals surface area contributed by atoms with Crippen LogP contribution >= 0.6 is 11.3 Å². The summed E-state index contributed by atoms with van der Waals surface area (Å²) in [6.45, 7) is 4.79. The Morgan fingerprint density at radius 3 is 2.59 bits per heavy atom. The van der Waals surface area contributed by atoms with E-state index in [0.29, 0.717) is 38.7 Å². The smallest absolute Gasteiger partial charge is 0.338 e. The molecule has 0 radical (unpaired) electrons. The Balaban J connectivity index is 1.81. The molecule has 1 unspecified atom stereocenters. The Labute approximate surface area is 230 Å². The number of fused-ring (bicyclic) bond motifs is 1. The van der Waals surface area contributed by atoms with Crippen molar-refractivity contribution in [2.75, 3.05) is 34.0 Å². The monoisotopic (exact) mass is 552 g/mol. The summed E-state index contributed by atoms with van der Waals surface area (Å²) in [5, 5.41) is 9.93. The van der Waals surface area contributed by atoms with Crippen molar-refractivity contribution in [3.05, 3.63) is 84.5 Å². The summed E-state index contributed by atoms with van der Waals surface area (Å²) in [5.41, 5.74) is 1.87. The molecule has 3 aromatic rings. The second-order valence-electron chi connectivity index (χ2n) is 8.91. The molecule has 1 atom stereocenters. The normalized spacial score (nSPS) is 15.1. The molecule has 1 aliphatic rings. The summed E-state index contributed by atoms with van der Waals surface area (Å²) < 4.78 is 23.4. The third-order valence-electron chi connectivity index (χ3n) is 6.23. The van der Waals surface area contributed by atoms with Crippen molar-refractivity contribution in [1.82, 2.24) is 4.57 Å². The van der Waals surface area contributed by atoms with Gasteiger partial charge in [0.15, 0.2) is 16.3 Å². The van der Waals surface area contributed by atoms with E-state index < -0.39 is 12.0 Å². The van der Waals surface area contributed by atoms with Crippen LogP contribution in [0.5, 0.6) is 17.2 Å². The van der Waals surface area contributed by atoms with Crippen LogP contribution < -0.4 is 24.4 Å². The first-order chi connectivity index (χ1) is 18.9. The van der Waals surface area contributed by atoms with E-state index in [-0.39, 0.29) is 30.1 Å². The van der Waals surface area contributed by atoms with Crippen molar-refractivity contribution in [3.63, 3.8) is 0 Å². The highest BCUT2D eigenvalue weighted by Gasteiger charge is 2.33. The fourth-order valence-electron chi connectivity index (χ4n) is 4.21. The molecule has 1 aromatic heterocycles. The van der Waals surface area contributed by atoms with Gasteiger partial charge in [-0.1, -0.05) is 42.9 Å². The standard InChI is InChI=1S/C29H32N2O7S/c1-5-6-13-37-21-10-8-20(9-11-21)26-25(28(34)38-15-14-35-3)18(2)30-29-31(26)27(33)24(39-29)17-19-7-12-22(32)23(16-19)36-4/h7-12,16-17,26,32H,5-6,13-15H2,1-4H3/b24-17-. The van der Waals surface area contributed by atoms with E-state index in [4.69, 9.17) is 18.9 Å². The van der Waals surface area contributed by atoms with Crippen LogP contribution in [0, 0.1) is 0 Å². The van der Waals surface area contributed by atoms with Crippen LogP contribution in [0.1, 0.15) is 43.9 Å². The fraction of sp³-hybridized carbons (Fsp3) is 0.345. The maximum atomic E-state index is 13.8. The number of nitrogens with zero attached hydrogens (tertiary/aromatic N) is 2. The maximum absolute atomic E-state index is 13.8. The average Bonchev–Trinajstić information content (AvgIpc) is 3.23. The van der Waals surface area contributed by atoms with Gasteiger partial charge in [0, 0.05) is 7.11 Å². The van der Waals surface area contributed by atoms with Gasteiger partial charge >= 0.3 is 5.97 Å².